The van der Waals surface area contributed by atoms with Gasteiger partial charge in [-0.05, 0) is 28.1 Å². The van der Waals surface area contributed by atoms with Crippen LogP contribution in [-0.2, 0) is 11.3 Å². The molecule has 1 fully saturated rings. The number of ether oxygens (including phenoxy) is 3. The van der Waals surface area contributed by atoms with Gasteiger partial charge in [-0.25, -0.2) is 4.68 Å². The van der Waals surface area contributed by atoms with E-state index in [2.05, 4.69) is 25.4 Å². The van der Waals surface area contributed by atoms with E-state index < -0.39 is 6.04 Å². The second-order valence-corrected chi connectivity index (χ2v) is 8.37. The third-order valence-electron chi connectivity index (χ3n) is 6.22. The lowest BCUT2D eigenvalue weighted by Crippen LogP contribution is -2.42. The summed E-state index contributed by atoms with van der Waals surface area (Å²) in [6.45, 7) is 4.00. The molecule has 0 saturated carbocycles. The third-order valence-corrected chi connectivity index (χ3v) is 6.22. The number of H-pyrrole nitrogens is 1. The number of aromatic nitrogens is 5. The van der Waals surface area contributed by atoms with Gasteiger partial charge in [-0.3, -0.25) is 9.69 Å². The summed E-state index contributed by atoms with van der Waals surface area (Å²) in [5.74, 6) is 1.93. The Morgan fingerprint density at radius 3 is 2.53 bits per heavy atom. The quantitative estimate of drug-likeness (QED) is 0.480. The van der Waals surface area contributed by atoms with Gasteiger partial charge in [-0.2, -0.15) is 0 Å². The Kier molecular flexibility index (Phi) is 5.44. The average Bonchev–Trinajstić information content (AvgIpc) is 3.32. The van der Waals surface area contributed by atoms with Gasteiger partial charge in [0.25, 0.3) is 5.56 Å². The highest BCUT2D eigenvalue weighted by molar-refractivity contribution is 5.83. The lowest BCUT2D eigenvalue weighted by atomic mass is 10.0. The van der Waals surface area contributed by atoms with Gasteiger partial charge in [0.2, 0.25) is 0 Å². The van der Waals surface area contributed by atoms with Crippen molar-refractivity contribution >= 4 is 10.9 Å². The molecule has 2 aliphatic heterocycles. The van der Waals surface area contributed by atoms with Crippen LogP contribution in [0.5, 0.6) is 11.5 Å². The molecule has 1 N–H and O–H groups in total. The normalized spacial score (nSPS) is 17.1. The molecule has 0 radical (unpaired) electrons. The van der Waals surface area contributed by atoms with Crippen LogP contribution in [0.4, 0.5) is 0 Å². The minimum Gasteiger partial charge on any atom is -0.486 e. The molecular weight excluding hydrogens is 436 g/mol. The molecule has 1 atom stereocenters. The van der Waals surface area contributed by atoms with E-state index in [9.17, 15) is 4.79 Å². The van der Waals surface area contributed by atoms with Crippen LogP contribution < -0.4 is 15.0 Å². The van der Waals surface area contributed by atoms with Crippen molar-refractivity contribution in [1.82, 2.24) is 30.1 Å². The Hall–Kier alpha value is -3.76. The minimum absolute atomic E-state index is 0.185. The van der Waals surface area contributed by atoms with Crippen molar-refractivity contribution in [3.63, 3.8) is 0 Å². The molecular formula is C24H24N6O4. The predicted molar refractivity (Wildman–Crippen MR) is 123 cm³/mol. The first-order valence-electron chi connectivity index (χ1n) is 11.3. The molecule has 2 aromatic heterocycles. The number of pyridine rings is 1. The fourth-order valence-electron chi connectivity index (χ4n) is 4.57. The standard InChI is InChI=1S/C24H24N6O4/c31-24-18(12-17-13-20-21(14-19(17)25-24)34-11-10-33-20)22(29-6-8-32-9-7-29)23-26-27-28-30(23)15-16-4-2-1-3-5-16/h1-5,12-14,22H,6-11,15H2,(H,25,31). The first kappa shape index (κ1) is 20.8. The highest BCUT2D eigenvalue weighted by Crippen LogP contribution is 2.35. The van der Waals surface area contributed by atoms with Gasteiger partial charge in [0.05, 0.1) is 25.3 Å². The van der Waals surface area contributed by atoms with Gasteiger partial charge in [0.15, 0.2) is 17.3 Å². The van der Waals surface area contributed by atoms with Crippen LogP contribution in [0.3, 0.4) is 0 Å². The summed E-state index contributed by atoms with van der Waals surface area (Å²) in [5, 5.41) is 13.5. The Labute approximate surface area is 195 Å². The monoisotopic (exact) mass is 460 g/mol. The number of morpholine rings is 1. The lowest BCUT2D eigenvalue weighted by Gasteiger charge is -2.33. The van der Waals surface area contributed by atoms with E-state index in [1.165, 1.54) is 0 Å². The van der Waals surface area contributed by atoms with E-state index in [0.717, 1.165) is 10.9 Å². The van der Waals surface area contributed by atoms with Crippen molar-refractivity contribution in [2.75, 3.05) is 39.5 Å². The molecule has 10 nitrogen and oxygen atoms in total. The number of nitrogens with one attached hydrogen (secondary N) is 1. The molecule has 2 aromatic carbocycles. The molecule has 34 heavy (non-hydrogen) atoms. The fraction of sp³-hybridized carbons (Fsp3) is 0.333. The fourth-order valence-corrected chi connectivity index (χ4v) is 4.57. The average molecular weight is 460 g/mol. The summed E-state index contributed by atoms with van der Waals surface area (Å²) in [6, 6.07) is 15.2. The Morgan fingerprint density at radius 2 is 1.74 bits per heavy atom. The van der Waals surface area contributed by atoms with Crippen LogP contribution in [0.25, 0.3) is 10.9 Å². The van der Waals surface area contributed by atoms with Crippen LogP contribution >= 0.6 is 0 Å². The van der Waals surface area contributed by atoms with E-state index in [0.29, 0.717) is 74.5 Å². The second kappa shape index (κ2) is 8.88. The van der Waals surface area contributed by atoms with Crippen molar-refractivity contribution in [3.8, 4) is 11.5 Å². The molecule has 4 aromatic rings. The van der Waals surface area contributed by atoms with Crippen LogP contribution in [0, 0.1) is 0 Å². The lowest BCUT2D eigenvalue weighted by molar-refractivity contribution is 0.0214. The zero-order valence-corrected chi connectivity index (χ0v) is 18.5. The number of benzene rings is 2. The zero-order chi connectivity index (χ0) is 22.9. The first-order valence-corrected chi connectivity index (χ1v) is 11.3. The highest BCUT2D eigenvalue weighted by Gasteiger charge is 2.31. The summed E-state index contributed by atoms with van der Waals surface area (Å²) >= 11 is 0. The number of hydrogen-bond acceptors (Lipinski definition) is 8. The van der Waals surface area contributed by atoms with Crippen LogP contribution in [-0.4, -0.2) is 69.6 Å². The molecule has 6 rings (SSSR count). The maximum Gasteiger partial charge on any atom is 0.253 e. The molecule has 174 valence electrons. The maximum atomic E-state index is 13.4. The van der Waals surface area contributed by atoms with Gasteiger partial charge < -0.3 is 19.2 Å². The van der Waals surface area contributed by atoms with Crippen LogP contribution in [0.1, 0.15) is 23.0 Å². The second-order valence-electron chi connectivity index (χ2n) is 8.37. The van der Waals surface area contributed by atoms with Gasteiger partial charge in [-0.1, -0.05) is 30.3 Å². The van der Waals surface area contributed by atoms with Gasteiger partial charge in [0, 0.05) is 30.1 Å². The van der Waals surface area contributed by atoms with E-state index in [1.54, 1.807) is 4.68 Å². The minimum atomic E-state index is -0.427. The van der Waals surface area contributed by atoms with E-state index in [4.69, 9.17) is 14.2 Å². The Bertz CT molecular complexity index is 1360. The zero-order valence-electron chi connectivity index (χ0n) is 18.5. The van der Waals surface area contributed by atoms with Gasteiger partial charge >= 0.3 is 0 Å². The van der Waals surface area contributed by atoms with Crippen molar-refractivity contribution < 1.29 is 14.2 Å². The summed E-state index contributed by atoms with van der Waals surface area (Å²) < 4.78 is 18.8. The molecule has 1 unspecified atom stereocenters. The van der Waals surface area contributed by atoms with Crippen LogP contribution in [0.2, 0.25) is 0 Å². The number of hydrogen-bond donors (Lipinski definition) is 1. The number of tetrazole rings is 1. The summed E-state index contributed by atoms with van der Waals surface area (Å²) in [7, 11) is 0. The van der Waals surface area contributed by atoms with E-state index >= 15 is 0 Å². The maximum absolute atomic E-state index is 13.4. The molecule has 0 aliphatic carbocycles. The summed E-state index contributed by atoms with van der Waals surface area (Å²) in [6.07, 6.45) is 0. The van der Waals surface area contributed by atoms with E-state index in [1.807, 2.05) is 48.5 Å². The molecule has 10 heteroatoms. The highest BCUT2D eigenvalue weighted by atomic mass is 16.6. The number of rotatable bonds is 5. The molecule has 0 bridgehead atoms. The summed E-state index contributed by atoms with van der Waals surface area (Å²) in [4.78, 5) is 18.6. The van der Waals surface area contributed by atoms with Crippen molar-refractivity contribution in [1.29, 1.82) is 0 Å². The van der Waals surface area contributed by atoms with Crippen molar-refractivity contribution in [2.45, 2.75) is 12.6 Å². The van der Waals surface area contributed by atoms with E-state index in [-0.39, 0.29) is 5.56 Å². The molecule has 0 spiro atoms. The topological polar surface area (TPSA) is 107 Å². The summed E-state index contributed by atoms with van der Waals surface area (Å²) in [5.41, 5.74) is 2.17. The molecule has 2 aliphatic rings. The molecule has 0 amide bonds. The number of aromatic amines is 1. The van der Waals surface area contributed by atoms with Crippen LogP contribution in [0.15, 0.2) is 53.3 Å². The van der Waals surface area contributed by atoms with Crippen molar-refractivity contribution in [2.24, 2.45) is 0 Å². The first-order chi connectivity index (χ1) is 16.8. The Morgan fingerprint density at radius 1 is 0.971 bits per heavy atom. The number of fused-ring (bicyclic) bond motifs is 2. The van der Waals surface area contributed by atoms with Gasteiger partial charge in [0.1, 0.15) is 19.3 Å². The largest absolute Gasteiger partial charge is 0.486 e. The van der Waals surface area contributed by atoms with Crippen molar-refractivity contribution in [3.05, 3.63) is 75.8 Å². The molecule has 1 saturated heterocycles. The smallest absolute Gasteiger partial charge is 0.253 e. The molecule has 4 heterocycles. The SMILES string of the molecule is O=c1[nH]c2cc3c(cc2cc1C(c1nnnn1Cc1ccccc1)N1CCOCC1)OCCO3. The van der Waals surface area contributed by atoms with Gasteiger partial charge in [-0.15, -0.1) is 5.10 Å². The Balaban J connectivity index is 1.46. The number of nitrogens with zero attached hydrogens (tertiary/aromatic N) is 5. The third kappa shape index (κ3) is 3.91. The predicted octanol–water partition coefficient (Wildman–Crippen LogP) is 1.76.